The summed E-state index contributed by atoms with van der Waals surface area (Å²) in [6.07, 6.45) is 1.56. The van der Waals surface area contributed by atoms with Gasteiger partial charge < -0.3 is 10.1 Å². The zero-order chi connectivity index (χ0) is 12.4. The fraction of sp³-hybridized carbons (Fsp3) is 1.00. The fourth-order valence-corrected chi connectivity index (χ4v) is 2.75. The Labute approximate surface area is 99.0 Å². The summed E-state index contributed by atoms with van der Waals surface area (Å²) >= 11 is 0. The molecular weight excluding hydrogens is 228 g/mol. The van der Waals surface area contributed by atoms with Gasteiger partial charge in [0.1, 0.15) is 0 Å². The van der Waals surface area contributed by atoms with Gasteiger partial charge >= 0.3 is 0 Å². The van der Waals surface area contributed by atoms with Gasteiger partial charge in [-0.15, -0.1) is 0 Å². The summed E-state index contributed by atoms with van der Waals surface area (Å²) in [5.41, 5.74) is 0. The van der Waals surface area contributed by atoms with Gasteiger partial charge in [-0.1, -0.05) is 6.92 Å². The predicted molar refractivity (Wildman–Crippen MR) is 66.0 cm³/mol. The minimum atomic E-state index is -3.15. The number of ether oxygens (including phenoxy) is 1. The normalized spacial score (nSPS) is 13.9. The topological polar surface area (TPSA) is 67.4 Å². The number of unbranched alkanes of at least 4 members (excludes halogenated alkanes) is 1. The van der Waals surface area contributed by atoms with Gasteiger partial charge in [-0.25, -0.2) is 13.1 Å². The van der Waals surface area contributed by atoms with Crippen LogP contribution in [0.4, 0.5) is 0 Å². The van der Waals surface area contributed by atoms with Gasteiger partial charge in [0, 0.05) is 13.2 Å². The Bertz CT molecular complexity index is 255. The molecule has 0 spiro atoms. The van der Waals surface area contributed by atoms with Crippen molar-refractivity contribution in [1.82, 2.24) is 10.0 Å². The van der Waals surface area contributed by atoms with Crippen LogP contribution in [0.25, 0.3) is 0 Å². The molecule has 0 aromatic rings. The van der Waals surface area contributed by atoms with Crippen LogP contribution in [0.1, 0.15) is 26.7 Å². The Kier molecular flexibility index (Phi) is 8.83. The maximum Gasteiger partial charge on any atom is 0.211 e. The first-order valence-electron chi connectivity index (χ1n) is 5.71. The van der Waals surface area contributed by atoms with E-state index in [-0.39, 0.29) is 11.8 Å². The molecule has 0 aliphatic carbocycles. The highest BCUT2D eigenvalue weighted by Crippen LogP contribution is 1.96. The van der Waals surface area contributed by atoms with E-state index in [4.69, 9.17) is 4.74 Å². The molecule has 0 bridgehead atoms. The lowest BCUT2D eigenvalue weighted by Crippen LogP contribution is -2.37. The average Bonchev–Trinajstić information content (AvgIpc) is 2.16. The van der Waals surface area contributed by atoms with Crippen molar-refractivity contribution >= 4 is 10.0 Å². The molecule has 16 heavy (non-hydrogen) atoms. The molecule has 0 aromatic carbocycles. The Hall–Kier alpha value is -0.170. The van der Waals surface area contributed by atoms with Gasteiger partial charge in [0.05, 0.1) is 12.4 Å². The quantitative estimate of drug-likeness (QED) is 0.550. The summed E-state index contributed by atoms with van der Waals surface area (Å²) in [5.74, 6) is 0.187. The second kappa shape index (κ2) is 8.92. The molecule has 0 saturated heterocycles. The summed E-state index contributed by atoms with van der Waals surface area (Å²) in [4.78, 5) is 0. The van der Waals surface area contributed by atoms with E-state index in [1.54, 1.807) is 14.0 Å². The SMILES string of the molecule is CCNCCCCS(=O)(=O)NC(C)COC. The molecule has 6 heteroatoms. The molecule has 0 saturated carbocycles. The van der Waals surface area contributed by atoms with Crippen LogP contribution in [0.3, 0.4) is 0 Å². The third-order valence-electron chi connectivity index (χ3n) is 2.06. The largest absolute Gasteiger partial charge is 0.383 e. The van der Waals surface area contributed by atoms with E-state index >= 15 is 0 Å². The number of nitrogens with one attached hydrogen (secondary N) is 2. The third-order valence-corrected chi connectivity index (χ3v) is 3.65. The van der Waals surface area contributed by atoms with E-state index < -0.39 is 10.0 Å². The second-order valence-corrected chi connectivity index (χ2v) is 5.73. The molecule has 0 rings (SSSR count). The van der Waals surface area contributed by atoms with Crippen LogP contribution < -0.4 is 10.0 Å². The minimum absolute atomic E-state index is 0.163. The molecule has 2 N–H and O–H groups in total. The summed E-state index contributed by atoms with van der Waals surface area (Å²) in [6.45, 7) is 6.02. The smallest absolute Gasteiger partial charge is 0.211 e. The average molecular weight is 252 g/mol. The Balaban J connectivity index is 3.70. The number of methoxy groups -OCH3 is 1. The van der Waals surface area contributed by atoms with Gasteiger partial charge in [0.25, 0.3) is 0 Å². The monoisotopic (exact) mass is 252 g/mol. The molecule has 1 atom stereocenters. The molecular formula is C10H24N2O3S. The molecule has 1 unspecified atom stereocenters. The highest BCUT2D eigenvalue weighted by atomic mass is 32.2. The molecule has 0 heterocycles. The van der Waals surface area contributed by atoms with Crippen molar-refractivity contribution < 1.29 is 13.2 Å². The molecule has 0 aliphatic heterocycles. The minimum Gasteiger partial charge on any atom is -0.383 e. The Morgan fingerprint density at radius 2 is 2.00 bits per heavy atom. The summed E-state index contributed by atoms with van der Waals surface area (Å²) in [6, 6.07) is -0.163. The van der Waals surface area contributed by atoms with E-state index in [0.29, 0.717) is 13.0 Å². The number of sulfonamides is 1. The van der Waals surface area contributed by atoms with Crippen LogP contribution in [0.2, 0.25) is 0 Å². The van der Waals surface area contributed by atoms with Crippen molar-refractivity contribution in [3.05, 3.63) is 0 Å². The van der Waals surface area contributed by atoms with Gasteiger partial charge in [-0.2, -0.15) is 0 Å². The molecule has 0 amide bonds. The summed E-state index contributed by atoms with van der Waals surface area (Å²) in [7, 11) is -1.59. The third kappa shape index (κ3) is 9.08. The van der Waals surface area contributed by atoms with Crippen molar-refractivity contribution in [2.75, 3.05) is 32.6 Å². The van der Waals surface area contributed by atoms with Gasteiger partial charge in [-0.3, -0.25) is 0 Å². The van der Waals surface area contributed by atoms with Crippen LogP contribution in [0.15, 0.2) is 0 Å². The standard InChI is InChI=1S/C10H24N2O3S/c1-4-11-7-5-6-8-16(13,14)12-10(2)9-15-3/h10-12H,4-9H2,1-3H3. The highest BCUT2D eigenvalue weighted by Gasteiger charge is 2.13. The first-order valence-corrected chi connectivity index (χ1v) is 7.36. The van der Waals surface area contributed by atoms with Crippen LogP contribution >= 0.6 is 0 Å². The van der Waals surface area contributed by atoms with Gasteiger partial charge in [0.2, 0.25) is 10.0 Å². The highest BCUT2D eigenvalue weighted by molar-refractivity contribution is 7.89. The molecule has 0 fully saturated rings. The lowest BCUT2D eigenvalue weighted by Gasteiger charge is -2.13. The summed E-state index contributed by atoms with van der Waals surface area (Å²) in [5, 5.41) is 3.16. The van der Waals surface area contributed by atoms with E-state index in [1.165, 1.54) is 0 Å². The second-order valence-electron chi connectivity index (χ2n) is 3.85. The number of rotatable bonds is 10. The molecule has 0 aliphatic rings. The van der Waals surface area contributed by atoms with Crippen molar-refractivity contribution in [1.29, 1.82) is 0 Å². The first-order chi connectivity index (χ1) is 7.52. The molecule has 5 nitrogen and oxygen atoms in total. The van der Waals surface area contributed by atoms with Gasteiger partial charge in [0.15, 0.2) is 0 Å². The lowest BCUT2D eigenvalue weighted by molar-refractivity contribution is 0.180. The zero-order valence-corrected chi connectivity index (χ0v) is 11.3. The number of hydrogen-bond acceptors (Lipinski definition) is 4. The van der Waals surface area contributed by atoms with Crippen LogP contribution in [0, 0.1) is 0 Å². The van der Waals surface area contributed by atoms with E-state index in [1.807, 2.05) is 6.92 Å². The van der Waals surface area contributed by atoms with Crippen molar-refractivity contribution in [3.63, 3.8) is 0 Å². The lowest BCUT2D eigenvalue weighted by atomic mass is 10.3. The first kappa shape index (κ1) is 15.8. The van der Waals surface area contributed by atoms with Crippen LogP contribution in [-0.2, 0) is 14.8 Å². The fourth-order valence-electron chi connectivity index (χ4n) is 1.37. The van der Waals surface area contributed by atoms with Crippen molar-refractivity contribution in [2.24, 2.45) is 0 Å². The van der Waals surface area contributed by atoms with Crippen LogP contribution in [0.5, 0.6) is 0 Å². The predicted octanol–water partition coefficient (Wildman–Crippen LogP) is 0.330. The Morgan fingerprint density at radius 1 is 1.31 bits per heavy atom. The Morgan fingerprint density at radius 3 is 2.56 bits per heavy atom. The maximum absolute atomic E-state index is 11.6. The van der Waals surface area contributed by atoms with E-state index in [0.717, 1.165) is 19.5 Å². The zero-order valence-electron chi connectivity index (χ0n) is 10.5. The van der Waals surface area contributed by atoms with E-state index in [9.17, 15) is 8.42 Å². The number of hydrogen-bond donors (Lipinski definition) is 2. The van der Waals surface area contributed by atoms with Gasteiger partial charge in [-0.05, 0) is 32.9 Å². The van der Waals surface area contributed by atoms with Crippen molar-refractivity contribution in [3.8, 4) is 0 Å². The van der Waals surface area contributed by atoms with E-state index in [2.05, 4.69) is 10.0 Å². The van der Waals surface area contributed by atoms with Crippen molar-refractivity contribution in [2.45, 2.75) is 32.7 Å². The molecule has 0 aromatic heterocycles. The summed E-state index contributed by atoms with van der Waals surface area (Å²) < 4.78 is 30.6. The van der Waals surface area contributed by atoms with Crippen LogP contribution in [-0.4, -0.2) is 47.0 Å². The maximum atomic E-state index is 11.6. The molecule has 98 valence electrons. The molecule has 0 radical (unpaired) electrons.